The molecule has 31 heavy (non-hydrogen) atoms. The highest BCUT2D eigenvalue weighted by Gasteiger charge is 2.33. The third-order valence-electron chi connectivity index (χ3n) is 4.12. The lowest BCUT2D eigenvalue weighted by Gasteiger charge is -2.34. The molecule has 8 heteroatoms. The van der Waals surface area contributed by atoms with E-state index in [1.165, 1.54) is 17.0 Å². The molecule has 0 heterocycles. The fourth-order valence-electron chi connectivity index (χ4n) is 2.86. The number of hydrogen-bond donors (Lipinski definition) is 3. The van der Waals surface area contributed by atoms with Crippen LogP contribution in [0.15, 0.2) is 24.3 Å². The molecule has 0 aliphatic carbocycles. The fourth-order valence-corrected chi connectivity index (χ4v) is 2.86. The van der Waals surface area contributed by atoms with Crippen LogP contribution in [0.25, 0.3) is 0 Å². The maximum atomic E-state index is 13.2. The summed E-state index contributed by atoms with van der Waals surface area (Å²) in [6.45, 7) is 12.8. The summed E-state index contributed by atoms with van der Waals surface area (Å²) in [6, 6.07) is 5.30. The van der Waals surface area contributed by atoms with Crippen LogP contribution in [0.4, 0.5) is 4.79 Å². The summed E-state index contributed by atoms with van der Waals surface area (Å²) in [5, 5.41) is 15.1. The third-order valence-corrected chi connectivity index (χ3v) is 4.12. The molecule has 0 aromatic heterocycles. The second-order valence-electron chi connectivity index (χ2n) is 9.53. The van der Waals surface area contributed by atoms with Crippen LogP contribution in [0.3, 0.4) is 0 Å². The Hall–Kier alpha value is -2.77. The summed E-state index contributed by atoms with van der Waals surface area (Å²) in [6.07, 6.45) is 0.818. The number of rotatable bonds is 8. The Labute approximate surface area is 185 Å². The first kappa shape index (κ1) is 26.3. The molecule has 0 fully saturated rings. The lowest BCUT2D eigenvalue weighted by molar-refractivity contribution is -0.141. The Balaban J connectivity index is 3.18. The first-order chi connectivity index (χ1) is 14.2. The van der Waals surface area contributed by atoms with Crippen LogP contribution < -0.4 is 10.6 Å². The van der Waals surface area contributed by atoms with E-state index in [4.69, 9.17) is 4.74 Å². The van der Waals surface area contributed by atoms with Gasteiger partial charge in [-0.2, -0.15) is 0 Å². The van der Waals surface area contributed by atoms with E-state index >= 15 is 0 Å². The van der Waals surface area contributed by atoms with E-state index in [0.717, 1.165) is 6.42 Å². The van der Waals surface area contributed by atoms with Crippen LogP contribution in [0.2, 0.25) is 0 Å². The number of hydrogen-bond acceptors (Lipinski definition) is 5. The van der Waals surface area contributed by atoms with E-state index in [0.29, 0.717) is 18.5 Å². The van der Waals surface area contributed by atoms with Crippen LogP contribution in [-0.4, -0.2) is 52.1 Å². The van der Waals surface area contributed by atoms with Crippen LogP contribution in [0, 0.1) is 0 Å². The zero-order chi connectivity index (χ0) is 23.8. The predicted molar refractivity (Wildman–Crippen MR) is 120 cm³/mol. The number of aromatic hydroxyl groups is 1. The number of nitrogens with one attached hydrogen (secondary N) is 2. The first-order valence-corrected chi connectivity index (χ1v) is 10.6. The molecule has 0 saturated carbocycles. The van der Waals surface area contributed by atoms with Crippen LogP contribution in [0.5, 0.6) is 5.75 Å². The van der Waals surface area contributed by atoms with Gasteiger partial charge in [0.15, 0.2) is 0 Å². The van der Waals surface area contributed by atoms with E-state index in [2.05, 4.69) is 10.6 Å². The van der Waals surface area contributed by atoms with Gasteiger partial charge >= 0.3 is 6.09 Å². The van der Waals surface area contributed by atoms with Crippen molar-refractivity contribution in [3.05, 3.63) is 29.8 Å². The zero-order valence-corrected chi connectivity index (χ0v) is 19.7. The van der Waals surface area contributed by atoms with Gasteiger partial charge in [-0.1, -0.05) is 25.5 Å². The average Bonchev–Trinajstić information content (AvgIpc) is 2.61. The summed E-state index contributed by atoms with van der Waals surface area (Å²) in [5.41, 5.74) is -0.613. The summed E-state index contributed by atoms with van der Waals surface area (Å²) < 4.78 is 5.19. The van der Waals surface area contributed by atoms with Crippen LogP contribution >= 0.6 is 0 Å². The molecule has 8 nitrogen and oxygen atoms in total. The molecule has 0 spiro atoms. The molecule has 3 N–H and O–H groups in total. The number of nitrogens with zero attached hydrogens (tertiary/aromatic N) is 1. The van der Waals surface area contributed by atoms with Crippen molar-refractivity contribution in [1.82, 2.24) is 15.5 Å². The monoisotopic (exact) mass is 435 g/mol. The van der Waals surface area contributed by atoms with Crippen molar-refractivity contribution in [2.75, 3.05) is 13.1 Å². The smallest absolute Gasteiger partial charge is 0.408 e. The molecule has 1 unspecified atom stereocenters. The van der Waals surface area contributed by atoms with E-state index < -0.39 is 29.2 Å². The Bertz CT molecular complexity index is 748. The fraction of sp³-hybridized carbons (Fsp3) is 0.609. The van der Waals surface area contributed by atoms with Gasteiger partial charge in [-0.15, -0.1) is 0 Å². The predicted octanol–water partition coefficient (Wildman–Crippen LogP) is 3.50. The van der Waals surface area contributed by atoms with E-state index in [-0.39, 0.29) is 18.2 Å². The molecular weight excluding hydrogens is 398 g/mol. The normalized spacial score (nSPS) is 12.6. The largest absolute Gasteiger partial charge is 0.508 e. The summed E-state index contributed by atoms with van der Waals surface area (Å²) >= 11 is 0. The van der Waals surface area contributed by atoms with Crippen molar-refractivity contribution in [2.24, 2.45) is 0 Å². The maximum absolute atomic E-state index is 13.2. The molecule has 1 atom stereocenters. The minimum absolute atomic E-state index is 0.0664. The molecule has 1 rings (SSSR count). The number of benzene rings is 1. The Kier molecular flexibility index (Phi) is 9.34. The van der Waals surface area contributed by atoms with Crippen LogP contribution in [-0.2, 0) is 14.3 Å². The molecular formula is C23H37N3O5. The van der Waals surface area contributed by atoms with Gasteiger partial charge in [0, 0.05) is 12.1 Å². The highest BCUT2D eigenvalue weighted by atomic mass is 16.6. The highest BCUT2D eigenvalue weighted by Crippen LogP contribution is 2.25. The van der Waals surface area contributed by atoms with Crippen molar-refractivity contribution >= 4 is 17.9 Å². The van der Waals surface area contributed by atoms with Gasteiger partial charge in [0.05, 0.1) is 0 Å². The van der Waals surface area contributed by atoms with Crippen LogP contribution in [0.1, 0.15) is 72.9 Å². The second kappa shape index (κ2) is 11.0. The van der Waals surface area contributed by atoms with Gasteiger partial charge in [-0.3, -0.25) is 9.59 Å². The summed E-state index contributed by atoms with van der Waals surface area (Å²) in [5.74, 6) is -0.668. The van der Waals surface area contributed by atoms with Gasteiger partial charge in [0.25, 0.3) is 0 Å². The third kappa shape index (κ3) is 9.72. The Morgan fingerprint density at radius 3 is 2.13 bits per heavy atom. The molecule has 0 bridgehead atoms. The number of unbranched alkanes of at least 4 members (excludes halogenated alkanes) is 1. The zero-order valence-electron chi connectivity index (χ0n) is 19.7. The lowest BCUT2D eigenvalue weighted by atomic mass is 10.0. The lowest BCUT2D eigenvalue weighted by Crippen LogP contribution is -2.51. The van der Waals surface area contributed by atoms with Crippen molar-refractivity contribution in [2.45, 2.75) is 78.5 Å². The molecule has 0 saturated heterocycles. The molecule has 1 aromatic carbocycles. The first-order valence-electron chi connectivity index (χ1n) is 10.6. The number of carbonyl (C=O) groups excluding carboxylic acids is 3. The van der Waals surface area contributed by atoms with Crippen molar-refractivity contribution in [3.8, 4) is 5.75 Å². The average molecular weight is 436 g/mol. The number of ether oxygens (including phenoxy) is 1. The SMILES string of the molecule is CCCCN(C(=O)CNC(=O)OC(C)(C)C)C(C(=O)NC(C)(C)C)c1ccc(O)cc1. The van der Waals surface area contributed by atoms with E-state index in [9.17, 15) is 19.5 Å². The number of alkyl carbamates (subject to hydrolysis) is 1. The second-order valence-corrected chi connectivity index (χ2v) is 9.53. The number of phenolic OH excluding ortho intramolecular Hbond substituents is 1. The standard InChI is InChI=1S/C23H37N3O5/c1-8-9-14-26(18(28)15-24-21(30)31-23(5,6)7)19(20(29)25-22(2,3)4)16-10-12-17(27)13-11-16/h10-13,19,27H,8-9,14-15H2,1-7H3,(H,24,30)(H,25,29). The van der Waals surface area contributed by atoms with E-state index in [1.807, 2.05) is 27.7 Å². The minimum Gasteiger partial charge on any atom is -0.508 e. The van der Waals surface area contributed by atoms with Gasteiger partial charge in [-0.25, -0.2) is 4.79 Å². The quantitative estimate of drug-likeness (QED) is 0.579. The minimum atomic E-state index is -0.903. The van der Waals surface area contributed by atoms with Crippen molar-refractivity contribution < 1.29 is 24.2 Å². The van der Waals surface area contributed by atoms with E-state index in [1.54, 1.807) is 32.9 Å². The molecule has 3 amide bonds. The topological polar surface area (TPSA) is 108 Å². The van der Waals surface area contributed by atoms with Gasteiger partial charge < -0.3 is 25.4 Å². The van der Waals surface area contributed by atoms with Gasteiger partial charge in [-0.05, 0) is 65.7 Å². The molecule has 174 valence electrons. The molecule has 0 aliphatic heterocycles. The number of amides is 3. The highest BCUT2D eigenvalue weighted by molar-refractivity contribution is 5.90. The molecule has 1 aromatic rings. The number of phenols is 1. The summed E-state index contributed by atoms with van der Waals surface area (Å²) in [4.78, 5) is 39.8. The molecule has 0 radical (unpaired) electrons. The van der Waals surface area contributed by atoms with Crippen molar-refractivity contribution in [3.63, 3.8) is 0 Å². The Morgan fingerprint density at radius 1 is 1.06 bits per heavy atom. The summed E-state index contributed by atoms with van der Waals surface area (Å²) in [7, 11) is 0. The Morgan fingerprint density at radius 2 is 1.65 bits per heavy atom. The molecule has 0 aliphatic rings. The van der Waals surface area contributed by atoms with Crippen molar-refractivity contribution in [1.29, 1.82) is 0 Å². The van der Waals surface area contributed by atoms with Gasteiger partial charge in [0.1, 0.15) is 23.9 Å². The van der Waals surface area contributed by atoms with Gasteiger partial charge in [0.2, 0.25) is 11.8 Å². The number of carbonyl (C=O) groups is 3. The maximum Gasteiger partial charge on any atom is 0.408 e.